The van der Waals surface area contributed by atoms with Crippen molar-refractivity contribution in [3.8, 4) is 11.6 Å². The Kier molecular flexibility index (Phi) is 4.36. The van der Waals surface area contributed by atoms with E-state index in [1.54, 1.807) is 13.2 Å². The molecule has 0 radical (unpaired) electrons. The number of nitrogens with zero attached hydrogens (tertiary/aromatic N) is 2. The number of aromatic nitrogens is 2. The lowest BCUT2D eigenvalue weighted by Crippen LogP contribution is -2.20. The van der Waals surface area contributed by atoms with Gasteiger partial charge in [0.1, 0.15) is 5.75 Å². The number of para-hydroxylation sites is 1. The van der Waals surface area contributed by atoms with Gasteiger partial charge in [0.25, 0.3) is 5.91 Å². The molecule has 29 heavy (non-hydrogen) atoms. The number of nitrogens with one attached hydrogen (secondary N) is 1. The van der Waals surface area contributed by atoms with Crippen LogP contribution < -0.4 is 10.1 Å². The smallest absolute Gasteiger partial charge is 0.251 e. The van der Waals surface area contributed by atoms with Gasteiger partial charge in [-0.15, -0.1) is 5.10 Å². The van der Waals surface area contributed by atoms with Crippen molar-refractivity contribution in [2.24, 2.45) is 5.92 Å². The van der Waals surface area contributed by atoms with Gasteiger partial charge in [0.15, 0.2) is 0 Å². The number of methoxy groups -OCH3 is 1. The normalized spacial score (nSPS) is 21.1. The summed E-state index contributed by atoms with van der Waals surface area (Å²) in [5.41, 5.74) is 4.18. The van der Waals surface area contributed by atoms with E-state index in [1.807, 2.05) is 18.2 Å². The monoisotopic (exact) mass is 389 g/mol. The molecule has 0 amide bonds. The summed E-state index contributed by atoms with van der Waals surface area (Å²) in [6, 6.07) is 13.5. The molecule has 2 aromatic carbocycles. The summed E-state index contributed by atoms with van der Waals surface area (Å²) in [7, 11) is 1.69. The topological polar surface area (TPSA) is 76.4 Å². The summed E-state index contributed by atoms with van der Waals surface area (Å²) in [5.74, 6) is 0.697. The van der Waals surface area contributed by atoms with E-state index in [0.717, 1.165) is 42.8 Å². The summed E-state index contributed by atoms with van der Waals surface area (Å²) < 4.78 is 7.01. The largest absolute Gasteiger partial charge is 0.496 e. The van der Waals surface area contributed by atoms with Gasteiger partial charge in [-0.05, 0) is 54.6 Å². The number of benzene rings is 2. The van der Waals surface area contributed by atoms with Crippen molar-refractivity contribution in [3.05, 3.63) is 59.7 Å². The first-order valence-corrected chi connectivity index (χ1v) is 9.96. The maximum atomic E-state index is 13.0. The van der Waals surface area contributed by atoms with Crippen LogP contribution in [0.5, 0.6) is 11.6 Å². The molecule has 1 aliphatic heterocycles. The van der Waals surface area contributed by atoms with Crippen molar-refractivity contribution < 1.29 is 14.6 Å². The summed E-state index contributed by atoms with van der Waals surface area (Å²) in [5, 5.41) is 18.0. The third-order valence-corrected chi connectivity index (χ3v) is 5.95. The molecule has 2 aliphatic rings. The highest BCUT2D eigenvalue weighted by Crippen LogP contribution is 2.50. The number of hydrogen-bond donors (Lipinski definition) is 2. The second-order valence-electron chi connectivity index (χ2n) is 7.68. The molecular weight excluding hydrogens is 366 g/mol. The molecule has 6 nitrogen and oxygen atoms in total. The Morgan fingerprint density at radius 1 is 1.28 bits per heavy atom. The molecule has 148 valence electrons. The van der Waals surface area contributed by atoms with Gasteiger partial charge in [0.2, 0.25) is 5.88 Å². The van der Waals surface area contributed by atoms with Gasteiger partial charge in [-0.3, -0.25) is 4.79 Å². The molecule has 2 atom stereocenters. The predicted octanol–water partition coefficient (Wildman–Crippen LogP) is 3.57. The number of carbonyl (C=O) groups is 1. The van der Waals surface area contributed by atoms with Crippen molar-refractivity contribution in [1.29, 1.82) is 0 Å². The molecular formula is C23H23N3O3. The summed E-state index contributed by atoms with van der Waals surface area (Å²) in [6.45, 7) is 1.85. The number of fused-ring (bicyclic) bond motifs is 1. The van der Waals surface area contributed by atoms with Crippen LogP contribution in [0.4, 0.5) is 0 Å². The molecule has 1 aromatic heterocycles. The first kappa shape index (κ1) is 17.9. The molecule has 1 aliphatic carbocycles. The van der Waals surface area contributed by atoms with Gasteiger partial charge in [-0.1, -0.05) is 30.3 Å². The Hall–Kier alpha value is -3.12. The van der Waals surface area contributed by atoms with E-state index in [-0.39, 0.29) is 23.6 Å². The Morgan fingerprint density at radius 2 is 2.14 bits per heavy atom. The van der Waals surface area contributed by atoms with E-state index in [1.165, 1.54) is 10.3 Å². The van der Waals surface area contributed by atoms with Gasteiger partial charge < -0.3 is 15.2 Å². The Bertz CT molecular complexity index is 1130. The van der Waals surface area contributed by atoms with Crippen molar-refractivity contribution in [1.82, 2.24) is 15.1 Å². The maximum absolute atomic E-state index is 13.0. The van der Waals surface area contributed by atoms with Crippen LogP contribution in [0.1, 0.15) is 34.7 Å². The minimum absolute atomic E-state index is 0.0735. The minimum Gasteiger partial charge on any atom is -0.496 e. The van der Waals surface area contributed by atoms with Crippen LogP contribution in [0, 0.1) is 5.92 Å². The molecule has 1 saturated carbocycles. The highest BCUT2D eigenvalue weighted by Gasteiger charge is 2.45. The van der Waals surface area contributed by atoms with E-state index < -0.39 is 0 Å². The third kappa shape index (κ3) is 3.09. The number of ether oxygens (including phenoxy) is 1. The summed E-state index contributed by atoms with van der Waals surface area (Å²) >= 11 is 0. The zero-order valence-corrected chi connectivity index (χ0v) is 16.3. The number of carbonyl (C=O) groups excluding carboxylic acids is 1. The SMILES string of the molecule is COc1cc(C2CC2C(=O)n2nc(O)c3ccccc32)ccc1C1=CCNCC1. The number of hydrogen-bond acceptors (Lipinski definition) is 5. The molecule has 2 unspecified atom stereocenters. The maximum Gasteiger partial charge on any atom is 0.251 e. The van der Waals surface area contributed by atoms with E-state index >= 15 is 0 Å². The van der Waals surface area contributed by atoms with Crippen LogP contribution in [-0.2, 0) is 0 Å². The third-order valence-electron chi connectivity index (χ3n) is 5.95. The molecule has 2 heterocycles. The minimum atomic E-state index is -0.133. The fourth-order valence-corrected chi connectivity index (χ4v) is 4.28. The zero-order chi connectivity index (χ0) is 20.0. The Balaban J connectivity index is 1.40. The van der Waals surface area contributed by atoms with Gasteiger partial charge >= 0.3 is 0 Å². The second-order valence-corrected chi connectivity index (χ2v) is 7.68. The first-order valence-electron chi connectivity index (χ1n) is 9.96. The van der Waals surface area contributed by atoms with Gasteiger partial charge in [-0.25, -0.2) is 0 Å². The van der Waals surface area contributed by atoms with Crippen LogP contribution in [0.2, 0.25) is 0 Å². The van der Waals surface area contributed by atoms with E-state index in [0.29, 0.717) is 10.9 Å². The summed E-state index contributed by atoms with van der Waals surface area (Å²) in [6.07, 6.45) is 3.97. The average molecular weight is 389 g/mol. The van der Waals surface area contributed by atoms with E-state index in [9.17, 15) is 9.90 Å². The van der Waals surface area contributed by atoms with Crippen molar-refractivity contribution >= 4 is 22.4 Å². The van der Waals surface area contributed by atoms with Crippen LogP contribution in [-0.4, -0.2) is 41.0 Å². The lowest BCUT2D eigenvalue weighted by atomic mass is 9.96. The molecule has 5 rings (SSSR count). The van der Waals surface area contributed by atoms with Gasteiger partial charge in [0, 0.05) is 18.0 Å². The number of rotatable bonds is 4. The predicted molar refractivity (Wildman–Crippen MR) is 111 cm³/mol. The molecule has 0 bridgehead atoms. The second kappa shape index (κ2) is 7.04. The lowest BCUT2D eigenvalue weighted by molar-refractivity contribution is 0.0871. The molecule has 6 heteroatoms. The highest BCUT2D eigenvalue weighted by atomic mass is 16.5. The lowest BCUT2D eigenvalue weighted by Gasteiger charge is -2.17. The Labute approximate surface area is 168 Å². The first-order chi connectivity index (χ1) is 14.2. The Morgan fingerprint density at radius 3 is 2.93 bits per heavy atom. The standard InChI is InChI=1S/C23H23N3O3/c1-29-21-12-15(6-7-16(21)14-8-10-24-11-9-14)18-13-19(18)23(28)26-20-5-3-2-4-17(20)22(27)25-26/h2-8,12,18-19,24H,9-11,13H2,1H3,(H,25,27). The summed E-state index contributed by atoms with van der Waals surface area (Å²) in [4.78, 5) is 13.0. The molecule has 0 saturated heterocycles. The molecule has 2 N–H and O–H groups in total. The van der Waals surface area contributed by atoms with Crippen molar-refractivity contribution in [2.45, 2.75) is 18.8 Å². The van der Waals surface area contributed by atoms with Crippen molar-refractivity contribution in [2.75, 3.05) is 20.2 Å². The molecule has 0 spiro atoms. The van der Waals surface area contributed by atoms with Crippen LogP contribution >= 0.6 is 0 Å². The quantitative estimate of drug-likeness (QED) is 0.713. The molecule has 3 aromatic rings. The fraction of sp³-hybridized carbons (Fsp3) is 0.304. The van der Waals surface area contributed by atoms with Gasteiger partial charge in [0.05, 0.1) is 18.0 Å². The van der Waals surface area contributed by atoms with Crippen LogP contribution in [0.25, 0.3) is 16.5 Å². The average Bonchev–Trinajstić information content (AvgIpc) is 3.51. The van der Waals surface area contributed by atoms with Gasteiger partial charge in [-0.2, -0.15) is 4.68 Å². The van der Waals surface area contributed by atoms with Crippen molar-refractivity contribution in [3.63, 3.8) is 0 Å². The zero-order valence-electron chi connectivity index (χ0n) is 16.3. The van der Waals surface area contributed by atoms with E-state index in [4.69, 9.17) is 4.74 Å². The van der Waals surface area contributed by atoms with Crippen LogP contribution in [0.15, 0.2) is 48.5 Å². The van der Waals surface area contributed by atoms with Crippen LogP contribution in [0.3, 0.4) is 0 Å². The molecule has 1 fully saturated rings. The fourth-order valence-electron chi connectivity index (χ4n) is 4.28. The van der Waals surface area contributed by atoms with E-state index in [2.05, 4.69) is 34.7 Å². The highest BCUT2D eigenvalue weighted by molar-refractivity contribution is 5.96. The number of aromatic hydroxyl groups is 1.